The maximum atomic E-state index is 5.34. The fourth-order valence-electron chi connectivity index (χ4n) is 1.76. The summed E-state index contributed by atoms with van der Waals surface area (Å²) in [6.45, 7) is 0.630. The second-order valence-electron chi connectivity index (χ2n) is 3.87. The zero-order valence-corrected chi connectivity index (χ0v) is 12.4. The lowest BCUT2D eigenvalue weighted by Crippen LogP contribution is -2.04. The second-order valence-corrected chi connectivity index (χ2v) is 4.79. The van der Waals surface area contributed by atoms with Crippen LogP contribution in [0.2, 0.25) is 0 Å². The first-order valence-electron chi connectivity index (χ1n) is 5.80. The summed E-state index contributed by atoms with van der Waals surface area (Å²) in [7, 11) is 3.27. The summed E-state index contributed by atoms with van der Waals surface area (Å²) in [4.78, 5) is 4.14. The molecule has 0 aliphatic heterocycles. The molecule has 0 aliphatic rings. The average Bonchev–Trinajstić information content (AvgIpc) is 2.45. The number of hydrogen-bond acceptors (Lipinski definition) is 4. The molecule has 2 aromatic rings. The first-order valence-corrected chi connectivity index (χ1v) is 6.59. The van der Waals surface area contributed by atoms with Crippen molar-refractivity contribution >= 4 is 21.6 Å². The summed E-state index contributed by atoms with van der Waals surface area (Å²) in [5, 5.41) is 3.29. The molecular formula is C14H15BrN2O2. The summed E-state index contributed by atoms with van der Waals surface area (Å²) in [5.41, 5.74) is 1.91. The number of ether oxygens (including phenoxy) is 2. The van der Waals surface area contributed by atoms with E-state index in [2.05, 4.69) is 26.2 Å². The number of nitrogens with one attached hydrogen (secondary N) is 1. The maximum absolute atomic E-state index is 5.34. The standard InChI is InChI=1S/C14H15BrN2O2/c1-18-13-6-5-11(15)8-10(13)9-17-12-4-3-7-16-14(12)19-2/h3-8,17H,9H2,1-2H3. The van der Waals surface area contributed by atoms with Gasteiger partial charge in [-0.3, -0.25) is 0 Å². The lowest BCUT2D eigenvalue weighted by Gasteiger charge is -2.12. The third-order valence-corrected chi connectivity index (χ3v) is 3.17. The van der Waals surface area contributed by atoms with Gasteiger partial charge < -0.3 is 14.8 Å². The van der Waals surface area contributed by atoms with Crippen molar-refractivity contribution in [2.75, 3.05) is 19.5 Å². The molecule has 0 bridgehead atoms. The van der Waals surface area contributed by atoms with Crippen LogP contribution in [-0.4, -0.2) is 19.2 Å². The minimum absolute atomic E-state index is 0.580. The monoisotopic (exact) mass is 322 g/mol. The van der Waals surface area contributed by atoms with Gasteiger partial charge in [-0.15, -0.1) is 0 Å². The molecular weight excluding hydrogens is 308 g/mol. The van der Waals surface area contributed by atoms with Crippen molar-refractivity contribution < 1.29 is 9.47 Å². The van der Waals surface area contributed by atoms with Gasteiger partial charge in [-0.25, -0.2) is 4.98 Å². The topological polar surface area (TPSA) is 43.4 Å². The third kappa shape index (κ3) is 3.38. The average molecular weight is 323 g/mol. The van der Waals surface area contributed by atoms with Gasteiger partial charge in [0.2, 0.25) is 5.88 Å². The zero-order valence-electron chi connectivity index (χ0n) is 10.8. The highest BCUT2D eigenvalue weighted by atomic mass is 79.9. The van der Waals surface area contributed by atoms with Gasteiger partial charge in [0.1, 0.15) is 5.75 Å². The van der Waals surface area contributed by atoms with E-state index in [1.165, 1.54) is 0 Å². The van der Waals surface area contributed by atoms with E-state index >= 15 is 0 Å². The van der Waals surface area contributed by atoms with Gasteiger partial charge in [-0.2, -0.15) is 0 Å². The van der Waals surface area contributed by atoms with Crippen LogP contribution in [0.1, 0.15) is 5.56 Å². The summed E-state index contributed by atoms with van der Waals surface area (Å²) >= 11 is 3.46. The molecule has 0 aliphatic carbocycles. The number of aromatic nitrogens is 1. The van der Waals surface area contributed by atoms with Crippen LogP contribution < -0.4 is 14.8 Å². The molecule has 0 spiro atoms. The van der Waals surface area contributed by atoms with Crippen LogP contribution in [0.5, 0.6) is 11.6 Å². The van der Waals surface area contributed by atoms with Crippen LogP contribution >= 0.6 is 15.9 Å². The maximum Gasteiger partial charge on any atom is 0.237 e. The van der Waals surface area contributed by atoms with Crippen LogP contribution in [0.3, 0.4) is 0 Å². The van der Waals surface area contributed by atoms with Gasteiger partial charge in [0, 0.05) is 22.8 Å². The number of rotatable bonds is 5. The van der Waals surface area contributed by atoms with Crippen LogP contribution in [0, 0.1) is 0 Å². The fourth-order valence-corrected chi connectivity index (χ4v) is 2.17. The Labute approximate surface area is 120 Å². The third-order valence-electron chi connectivity index (χ3n) is 2.68. The van der Waals surface area contributed by atoms with Gasteiger partial charge >= 0.3 is 0 Å². The minimum atomic E-state index is 0.580. The highest BCUT2D eigenvalue weighted by molar-refractivity contribution is 9.10. The molecule has 0 saturated heterocycles. The molecule has 1 N–H and O–H groups in total. The molecule has 1 heterocycles. The Balaban J connectivity index is 2.16. The largest absolute Gasteiger partial charge is 0.496 e. The van der Waals surface area contributed by atoms with Crippen LogP contribution in [0.4, 0.5) is 5.69 Å². The molecule has 1 aromatic carbocycles. The Hall–Kier alpha value is -1.75. The summed E-state index contributed by atoms with van der Waals surface area (Å²) < 4.78 is 11.6. The van der Waals surface area contributed by atoms with Gasteiger partial charge in [0.05, 0.1) is 19.9 Å². The van der Waals surface area contributed by atoms with Crippen LogP contribution in [0.15, 0.2) is 41.0 Å². The highest BCUT2D eigenvalue weighted by Gasteiger charge is 2.06. The molecule has 1 aromatic heterocycles. The second kappa shape index (κ2) is 6.43. The number of nitrogens with zero attached hydrogens (tertiary/aromatic N) is 1. The number of benzene rings is 1. The zero-order chi connectivity index (χ0) is 13.7. The van der Waals surface area contributed by atoms with E-state index in [1.807, 2.05) is 30.3 Å². The molecule has 4 nitrogen and oxygen atoms in total. The number of pyridine rings is 1. The van der Waals surface area contributed by atoms with Crippen molar-refractivity contribution in [3.63, 3.8) is 0 Å². The molecule has 100 valence electrons. The first-order chi connectivity index (χ1) is 9.24. The van der Waals surface area contributed by atoms with E-state index in [-0.39, 0.29) is 0 Å². The fraction of sp³-hybridized carbons (Fsp3) is 0.214. The Morgan fingerprint density at radius 3 is 2.79 bits per heavy atom. The summed E-state index contributed by atoms with van der Waals surface area (Å²) in [6.07, 6.45) is 1.70. The van der Waals surface area contributed by atoms with Crippen LogP contribution in [-0.2, 0) is 6.54 Å². The van der Waals surface area contributed by atoms with Crippen molar-refractivity contribution in [3.8, 4) is 11.6 Å². The lowest BCUT2D eigenvalue weighted by atomic mass is 10.2. The molecule has 19 heavy (non-hydrogen) atoms. The number of methoxy groups -OCH3 is 2. The van der Waals surface area contributed by atoms with E-state index in [0.717, 1.165) is 21.5 Å². The van der Waals surface area contributed by atoms with Crippen molar-refractivity contribution in [1.82, 2.24) is 4.98 Å². The molecule has 0 radical (unpaired) electrons. The van der Waals surface area contributed by atoms with Crippen molar-refractivity contribution in [3.05, 3.63) is 46.6 Å². The van der Waals surface area contributed by atoms with E-state index in [0.29, 0.717) is 12.4 Å². The lowest BCUT2D eigenvalue weighted by molar-refractivity contribution is 0.399. The van der Waals surface area contributed by atoms with Gasteiger partial charge in [-0.1, -0.05) is 15.9 Å². The number of halogens is 1. The van der Waals surface area contributed by atoms with E-state index in [9.17, 15) is 0 Å². The molecule has 0 fully saturated rings. The Morgan fingerprint density at radius 2 is 2.05 bits per heavy atom. The summed E-state index contributed by atoms with van der Waals surface area (Å²) in [6, 6.07) is 9.70. The molecule has 0 atom stereocenters. The first kappa shape index (κ1) is 13.7. The van der Waals surface area contributed by atoms with Crippen LogP contribution in [0.25, 0.3) is 0 Å². The molecule has 0 unspecified atom stereocenters. The van der Waals surface area contributed by atoms with E-state index in [4.69, 9.17) is 9.47 Å². The smallest absolute Gasteiger partial charge is 0.237 e. The van der Waals surface area contributed by atoms with Crippen molar-refractivity contribution in [2.45, 2.75) is 6.54 Å². The number of anilines is 1. The van der Waals surface area contributed by atoms with Crippen molar-refractivity contribution in [1.29, 1.82) is 0 Å². The Kier molecular flexibility index (Phi) is 4.63. The molecule has 0 amide bonds. The highest BCUT2D eigenvalue weighted by Crippen LogP contribution is 2.26. The molecule has 5 heteroatoms. The SMILES string of the molecule is COc1ccc(Br)cc1CNc1cccnc1OC. The van der Waals surface area contributed by atoms with Crippen molar-refractivity contribution in [2.24, 2.45) is 0 Å². The van der Waals surface area contributed by atoms with E-state index in [1.54, 1.807) is 20.4 Å². The van der Waals surface area contributed by atoms with E-state index < -0.39 is 0 Å². The Morgan fingerprint density at radius 1 is 1.21 bits per heavy atom. The van der Waals surface area contributed by atoms with Gasteiger partial charge in [0.25, 0.3) is 0 Å². The molecule has 2 rings (SSSR count). The summed E-state index contributed by atoms with van der Waals surface area (Å²) in [5.74, 6) is 1.43. The normalized spacial score (nSPS) is 10.1. The quantitative estimate of drug-likeness (QED) is 0.915. The number of hydrogen-bond donors (Lipinski definition) is 1. The predicted octanol–water partition coefficient (Wildman–Crippen LogP) is 3.47. The van der Waals surface area contributed by atoms with Gasteiger partial charge in [-0.05, 0) is 30.3 Å². The minimum Gasteiger partial charge on any atom is -0.496 e. The predicted molar refractivity (Wildman–Crippen MR) is 78.8 cm³/mol. The Bertz CT molecular complexity index is 561. The van der Waals surface area contributed by atoms with Gasteiger partial charge in [0.15, 0.2) is 0 Å². The molecule has 0 saturated carbocycles.